The minimum absolute atomic E-state index is 0.0128. The number of ether oxygens (including phenoxy) is 2. The highest BCUT2D eigenvalue weighted by atomic mass is 16.5. The van der Waals surface area contributed by atoms with E-state index in [-0.39, 0.29) is 23.0 Å². The molecule has 0 saturated carbocycles. The summed E-state index contributed by atoms with van der Waals surface area (Å²) in [6.45, 7) is 16.7. The third-order valence-electron chi connectivity index (χ3n) is 8.03. The zero-order valence-electron chi connectivity index (χ0n) is 23.0. The Balaban J connectivity index is 1.71. The molecule has 2 aliphatic heterocycles. The number of aryl methyl sites for hydroxylation is 2. The summed E-state index contributed by atoms with van der Waals surface area (Å²) in [5, 5.41) is 0. The molecule has 0 atom stereocenters. The van der Waals surface area contributed by atoms with Crippen LogP contribution >= 0.6 is 0 Å². The third kappa shape index (κ3) is 4.17. The summed E-state index contributed by atoms with van der Waals surface area (Å²) in [7, 11) is 0. The van der Waals surface area contributed by atoms with Gasteiger partial charge < -0.3 is 14.4 Å². The maximum atomic E-state index is 14.1. The average Bonchev–Trinajstić information content (AvgIpc) is 3.36. The minimum atomic E-state index is -0.362. The molecule has 3 aliphatic rings. The number of carbonyl (C=O) groups excluding carboxylic acids is 1. The second-order valence-electron chi connectivity index (χ2n) is 12.0. The molecule has 0 radical (unpaired) electrons. The Bertz CT molecular complexity index is 1220. The van der Waals surface area contributed by atoms with Crippen molar-refractivity contribution in [2.45, 2.75) is 92.2 Å². The van der Waals surface area contributed by atoms with Crippen molar-refractivity contribution in [3.05, 3.63) is 46.5 Å². The quantitative estimate of drug-likeness (QED) is 0.532. The number of imidazole rings is 1. The van der Waals surface area contributed by atoms with E-state index in [1.165, 1.54) is 16.7 Å². The standard InChI is InChI=1S/C30H41N3O3/c1-8-20-16-21-11-12-23-26(28(34)32-14-15-35-18-30(32,6)7)31-27(22-10-9-13-29(22,4)5)33(23)24(21)17-25(20)36-19(2)3/h10,16-17,19H,8-9,11-15,18H2,1-7H3. The molecular formula is C30H41N3O3. The molecule has 36 heavy (non-hydrogen) atoms. The summed E-state index contributed by atoms with van der Waals surface area (Å²) in [6, 6.07) is 4.50. The van der Waals surface area contributed by atoms with Crippen molar-refractivity contribution in [3.63, 3.8) is 0 Å². The van der Waals surface area contributed by atoms with Crippen LogP contribution in [0.15, 0.2) is 18.2 Å². The van der Waals surface area contributed by atoms with Gasteiger partial charge in [-0.2, -0.15) is 0 Å². The number of rotatable bonds is 5. The Hall–Kier alpha value is -2.60. The molecule has 0 bridgehead atoms. The normalized spacial score (nSPS) is 20.2. The summed E-state index contributed by atoms with van der Waals surface area (Å²) in [6.07, 6.45) is 7.16. The van der Waals surface area contributed by atoms with E-state index >= 15 is 0 Å². The fourth-order valence-corrected chi connectivity index (χ4v) is 6.01. The van der Waals surface area contributed by atoms with E-state index in [2.05, 4.69) is 71.2 Å². The number of hydrogen-bond acceptors (Lipinski definition) is 4. The SMILES string of the molecule is CCc1cc2c(cc1OC(C)C)-n1c(C3=CCCC3(C)C)nc(C(=O)N3CCOCC3(C)C)c1CC2. The highest BCUT2D eigenvalue weighted by molar-refractivity contribution is 5.95. The van der Waals surface area contributed by atoms with E-state index in [9.17, 15) is 4.79 Å². The molecule has 1 fully saturated rings. The van der Waals surface area contributed by atoms with Gasteiger partial charge in [-0.1, -0.05) is 32.9 Å². The molecule has 6 heteroatoms. The Morgan fingerprint density at radius 3 is 2.61 bits per heavy atom. The van der Waals surface area contributed by atoms with E-state index in [0.717, 1.165) is 55.1 Å². The van der Waals surface area contributed by atoms with Crippen molar-refractivity contribution in [1.29, 1.82) is 0 Å². The van der Waals surface area contributed by atoms with Gasteiger partial charge in [0.25, 0.3) is 5.91 Å². The van der Waals surface area contributed by atoms with E-state index in [4.69, 9.17) is 14.5 Å². The molecule has 0 unspecified atom stereocenters. The van der Waals surface area contributed by atoms with Gasteiger partial charge in [0.1, 0.15) is 11.6 Å². The number of allylic oxidation sites excluding steroid dienone is 2. The molecule has 194 valence electrons. The summed E-state index contributed by atoms with van der Waals surface area (Å²) in [5.41, 5.74) is 6.15. The van der Waals surface area contributed by atoms with Gasteiger partial charge >= 0.3 is 0 Å². The van der Waals surface area contributed by atoms with Crippen LogP contribution in [0.1, 0.15) is 94.4 Å². The maximum absolute atomic E-state index is 14.1. The Labute approximate surface area is 215 Å². The molecule has 1 amide bonds. The first-order chi connectivity index (χ1) is 17.0. The van der Waals surface area contributed by atoms with Crippen LogP contribution in [0.5, 0.6) is 5.75 Å². The van der Waals surface area contributed by atoms with Crippen LogP contribution in [0, 0.1) is 5.41 Å². The highest BCUT2D eigenvalue weighted by Crippen LogP contribution is 2.46. The number of amides is 1. The van der Waals surface area contributed by atoms with Crippen molar-refractivity contribution in [2.24, 2.45) is 5.41 Å². The van der Waals surface area contributed by atoms with Gasteiger partial charge in [-0.15, -0.1) is 0 Å². The summed E-state index contributed by atoms with van der Waals surface area (Å²) in [4.78, 5) is 21.2. The third-order valence-corrected chi connectivity index (χ3v) is 8.03. The first-order valence-electron chi connectivity index (χ1n) is 13.6. The topological polar surface area (TPSA) is 56.6 Å². The van der Waals surface area contributed by atoms with Crippen LogP contribution < -0.4 is 4.74 Å². The number of aromatic nitrogens is 2. The summed E-state index contributed by atoms with van der Waals surface area (Å²) < 4.78 is 14.2. The van der Waals surface area contributed by atoms with Crippen molar-refractivity contribution < 1.29 is 14.3 Å². The number of morpholine rings is 1. The van der Waals surface area contributed by atoms with E-state index in [1.807, 2.05) is 4.90 Å². The maximum Gasteiger partial charge on any atom is 0.274 e. The zero-order chi connectivity index (χ0) is 25.8. The van der Waals surface area contributed by atoms with Crippen LogP contribution in [-0.4, -0.2) is 51.8 Å². The van der Waals surface area contributed by atoms with Gasteiger partial charge in [0, 0.05) is 12.6 Å². The van der Waals surface area contributed by atoms with E-state index in [0.29, 0.717) is 25.5 Å². The molecule has 5 rings (SSSR count). The van der Waals surface area contributed by atoms with Gasteiger partial charge in [-0.3, -0.25) is 9.36 Å². The minimum Gasteiger partial charge on any atom is -0.491 e. The van der Waals surface area contributed by atoms with E-state index < -0.39 is 0 Å². The molecule has 1 aromatic carbocycles. The van der Waals surface area contributed by atoms with Crippen LogP contribution in [-0.2, 0) is 24.0 Å². The molecule has 6 nitrogen and oxygen atoms in total. The molecule has 0 N–H and O–H groups in total. The molecule has 1 aromatic heterocycles. The van der Waals surface area contributed by atoms with Gasteiger partial charge in [0.15, 0.2) is 5.69 Å². The van der Waals surface area contributed by atoms with Crippen LogP contribution in [0.3, 0.4) is 0 Å². The lowest BCUT2D eigenvalue weighted by atomic mass is 9.85. The van der Waals surface area contributed by atoms with E-state index in [1.54, 1.807) is 0 Å². The predicted molar refractivity (Wildman–Crippen MR) is 143 cm³/mol. The van der Waals surface area contributed by atoms with Gasteiger partial charge in [-0.05, 0) is 81.9 Å². The molecule has 3 heterocycles. The van der Waals surface area contributed by atoms with Crippen LogP contribution in [0.25, 0.3) is 11.3 Å². The van der Waals surface area contributed by atoms with Gasteiger partial charge in [-0.25, -0.2) is 4.98 Å². The largest absolute Gasteiger partial charge is 0.491 e. The first kappa shape index (κ1) is 25.1. The zero-order valence-corrected chi connectivity index (χ0v) is 23.0. The number of hydrogen-bond donors (Lipinski definition) is 0. The second kappa shape index (κ2) is 9.05. The number of carbonyl (C=O) groups is 1. The van der Waals surface area contributed by atoms with Crippen molar-refractivity contribution in [1.82, 2.24) is 14.5 Å². The molecule has 1 aliphatic carbocycles. The highest BCUT2D eigenvalue weighted by Gasteiger charge is 2.40. The summed E-state index contributed by atoms with van der Waals surface area (Å²) >= 11 is 0. The van der Waals surface area contributed by atoms with Crippen molar-refractivity contribution in [3.8, 4) is 11.4 Å². The lowest BCUT2D eigenvalue weighted by Gasteiger charge is -2.41. The lowest BCUT2D eigenvalue weighted by Crippen LogP contribution is -2.55. The van der Waals surface area contributed by atoms with Crippen molar-refractivity contribution >= 4 is 11.5 Å². The summed E-state index contributed by atoms with van der Waals surface area (Å²) in [5.74, 6) is 1.87. The smallest absolute Gasteiger partial charge is 0.274 e. The monoisotopic (exact) mass is 491 g/mol. The van der Waals surface area contributed by atoms with Gasteiger partial charge in [0.05, 0.1) is 36.2 Å². The van der Waals surface area contributed by atoms with Crippen molar-refractivity contribution in [2.75, 3.05) is 19.8 Å². The Morgan fingerprint density at radius 1 is 1.19 bits per heavy atom. The molecular weight excluding hydrogens is 450 g/mol. The van der Waals surface area contributed by atoms with Gasteiger partial charge in [0.2, 0.25) is 0 Å². The molecule has 1 saturated heterocycles. The fraction of sp³-hybridized carbons (Fsp3) is 0.600. The molecule has 2 aromatic rings. The number of benzene rings is 1. The van der Waals surface area contributed by atoms with Crippen LogP contribution in [0.4, 0.5) is 0 Å². The first-order valence-corrected chi connectivity index (χ1v) is 13.6. The Morgan fingerprint density at radius 2 is 1.97 bits per heavy atom. The molecule has 0 spiro atoms. The number of nitrogens with zero attached hydrogens (tertiary/aromatic N) is 3. The second-order valence-corrected chi connectivity index (χ2v) is 12.0. The predicted octanol–water partition coefficient (Wildman–Crippen LogP) is 5.77. The van der Waals surface area contributed by atoms with Crippen LogP contribution in [0.2, 0.25) is 0 Å². The fourth-order valence-electron chi connectivity index (χ4n) is 6.01. The average molecular weight is 492 g/mol. The number of fused-ring (bicyclic) bond motifs is 3. The Kier molecular flexibility index (Phi) is 6.30. The lowest BCUT2D eigenvalue weighted by molar-refractivity contribution is -0.0373.